The second-order valence-electron chi connectivity index (χ2n) is 3.78. The Morgan fingerprint density at radius 2 is 2.07 bits per heavy atom. The highest BCUT2D eigenvalue weighted by atomic mass is 35.5. The van der Waals surface area contributed by atoms with Gasteiger partial charge in [0, 0.05) is 0 Å². The van der Waals surface area contributed by atoms with Crippen molar-refractivity contribution in [1.29, 1.82) is 0 Å². The zero-order chi connectivity index (χ0) is 10.2. The third-order valence-corrected chi connectivity index (χ3v) is 3.06. The van der Waals surface area contributed by atoms with E-state index in [4.69, 9.17) is 5.73 Å². The summed E-state index contributed by atoms with van der Waals surface area (Å²) in [6.07, 6.45) is 0.669. The normalized spacial score (nSPS) is 27.9. The van der Waals surface area contributed by atoms with Crippen LogP contribution in [0.4, 0.5) is 0 Å². The lowest BCUT2D eigenvalue weighted by atomic mass is 9.93. The molecule has 3 nitrogen and oxygen atoms in total. The van der Waals surface area contributed by atoms with Crippen LogP contribution in [-0.4, -0.2) is 17.6 Å². The van der Waals surface area contributed by atoms with Crippen molar-refractivity contribution in [1.82, 2.24) is 0 Å². The summed E-state index contributed by atoms with van der Waals surface area (Å²) in [4.78, 5) is 11.2. The Hall–Kier alpha value is -1.06. The number of hydrogen-bond acceptors (Lipinski definition) is 2. The molecule has 2 atom stereocenters. The summed E-state index contributed by atoms with van der Waals surface area (Å²) in [5.74, 6) is -0.651. The van der Waals surface area contributed by atoms with E-state index in [1.165, 1.54) is 0 Å². The maximum Gasteiger partial charge on any atom is 0.314 e. The Balaban J connectivity index is 0.00000112. The molecule has 15 heavy (non-hydrogen) atoms. The summed E-state index contributed by atoms with van der Waals surface area (Å²) in [5, 5.41) is 9.20. The Morgan fingerprint density at radius 1 is 1.47 bits per heavy atom. The van der Waals surface area contributed by atoms with Crippen molar-refractivity contribution in [2.75, 3.05) is 6.54 Å². The minimum atomic E-state index is -0.751. The topological polar surface area (TPSA) is 63.3 Å². The van der Waals surface area contributed by atoms with Gasteiger partial charge in [-0.15, -0.1) is 12.4 Å². The van der Waals surface area contributed by atoms with Gasteiger partial charge in [0.05, 0.1) is 5.41 Å². The molecule has 0 radical (unpaired) electrons. The van der Waals surface area contributed by atoms with Gasteiger partial charge in [-0.1, -0.05) is 30.3 Å². The molecular formula is C11H14ClNO2. The van der Waals surface area contributed by atoms with Crippen molar-refractivity contribution in [2.24, 2.45) is 11.7 Å². The van der Waals surface area contributed by atoms with Crippen molar-refractivity contribution >= 4 is 18.4 Å². The van der Waals surface area contributed by atoms with Gasteiger partial charge >= 0.3 is 5.97 Å². The summed E-state index contributed by atoms with van der Waals surface area (Å²) in [7, 11) is 0. The van der Waals surface area contributed by atoms with E-state index in [-0.39, 0.29) is 18.3 Å². The van der Waals surface area contributed by atoms with Crippen LogP contribution in [0.15, 0.2) is 30.3 Å². The van der Waals surface area contributed by atoms with Gasteiger partial charge in [-0.05, 0) is 24.4 Å². The zero-order valence-electron chi connectivity index (χ0n) is 8.22. The lowest BCUT2D eigenvalue weighted by Crippen LogP contribution is -2.25. The number of nitrogens with two attached hydrogens (primary N) is 1. The van der Waals surface area contributed by atoms with E-state index in [9.17, 15) is 9.90 Å². The van der Waals surface area contributed by atoms with Gasteiger partial charge in [0.1, 0.15) is 0 Å². The summed E-state index contributed by atoms with van der Waals surface area (Å²) in [6.45, 7) is 0.446. The maximum absolute atomic E-state index is 11.2. The Kier molecular flexibility index (Phi) is 3.37. The highest BCUT2D eigenvalue weighted by molar-refractivity contribution is 5.86. The molecule has 1 saturated carbocycles. The summed E-state index contributed by atoms with van der Waals surface area (Å²) < 4.78 is 0. The standard InChI is InChI=1S/C11H13NO2.ClH/c12-7-9-6-11(9,10(13)14)8-4-2-1-3-5-8;/h1-5,9H,6-7,12H2,(H,13,14);1H/t9?,11-;/m1./s1. The molecule has 1 aliphatic rings. The smallest absolute Gasteiger partial charge is 0.314 e. The van der Waals surface area contributed by atoms with Gasteiger partial charge in [-0.3, -0.25) is 4.79 Å². The van der Waals surface area contributed by atoms with E-state index in [0.29, 0.717) is 13.0 Å². The van der Waals surface area contributed by atoms with Crippen molar-refractivity contribution < 1.29 is 9.90 Å². The molecule has 0 bridgehead atoms. The third kappa shape index (κ3) is 1.73. The number of carbonyl (C=O) groups is 1. The molecule has 4 heteroatoms. The predicted molar refractivity (Wildman–Crippen MR) is 60.2 cm³/mol. The lowest BCUT2D eigenvalue weighted by Gasteiger charge is -2.11. The molecular weight excluding hydrogens is 214 g/mol. The minimum Gasteiger partial charge on any atom is -0.481 e. The average Bonchev–Trinajstić information content (AvgIpc) is 2.94. The molecule has 1 aromatic carbocycles. The number of aliphatic carboxylic acids is 1. The van der Waals surface area contributed by atoms with Crippen LogP contribution in [0, 0.1) is 5.92 Å². The summed E-state index contributed by atoms with van der Waals surface area (Å²) >= 11 is 0. The molecule has 1 aliphatic carbocycles. The number of rotatable bonds is 3. The first-order chi connectivity index (χ1) is 6.71. The lowest BCUT2D eigenvalue weighted by molar-refractivity contribution is -0.140. The Bertz CT molecular complexity index is 355. The molecule has 0 saturated heterocycles. The number of hydrogen-bond donors (Lipinski definition) is 2. The molecule has 0 heterocycles. The van der Waals surface area contributed by atoms with Crippen molar-refractivity contribution in [3.8, 4) is 0 Å². The molecule has 1 fully saturated rings. The van der Waals surface area contributed by atoms with Crippen molar-refractivity contribution in [2.45, 2.75) is 11.8 Å². The second-order valence-corrected chi connectivity index (χ2v) is 3.78. The maximum atomic E-state index is 11.2. The monoisotopic (exact) mass is 227 g/mol. The van der Waals surface area contributed by atoms with Gasteiger partial charge in [0.2, 0.25) is 0 Å². The number of carboxylic acids is 1. The molecule has 0 aliphatic heterocycles. The van der Waals surface area contributed by atoms with Crippen LogP contribution in [-0.2, 0) is 10.2 Å². The molecule has 2 rings (SSSR count). The molecule has 1 unspecified atom stereocenters. The van der Waals surface area contributed by atoms with E-state index in [0.717, 1.165) is 5.56 Å². The third-order valence-electron chi connectivity index (χ3n) is 3.06. The first-order valence-electron chi connectivity index (χ1n) is 4.71. The van der Waals surface area contributed by atoms with E-state index in [1.54, 1.807) is 0 Å². The highest BCUT2D eigenvalue weighted by Gasteiger charge is 2.60. The Morgan fingerprint density at radius 3 is 2.47 bits per heavy atom. The van der Waals surface area contributed by atoms with Gasteiger partial charge in [-0.25, -0.2) is 0 Å². The highest BCUT2D eigenvalue weighted by Crippen LogP contribution is 2.53. The van der Waals surface area contributed by atoms with Gasteiger partial charge in [0.15, 0.2) is 0 Å². The largest absolute Gasteiger partial charge is 0.481 e. The number of carboxylic acid groups (broad SMARTS) is 1. The summed E-state index contributed by atoms with van der Waals surface area (Å²) in [5.41, 5.74) is 5.70. The molecule has 0 aromatic heterocycles. The van der Waals surface area contributed by atoms with Crippen LogP contribution in [0.5, 0.6) is 0 Å². The van der Waals surface area contributed by atoms with E-state index >= 15 is 0 Å². The van der Waals surface area contributed by atoms with Crippen LogP contribution >= 0.6 is 12.4 Å². The Labute approximate surface area is 94.7 Å². The summed E-state index contributed by atoms with van der Waals surface area (Å²) in [6, 6.07) is 9.35. The van der Waals surface area contributed by atoms with Crippen LogP contribution < -0.4 is 5.73 Å². The zero-order valence-corrected chi connectivity index (χ0v) is 9.04. The fraction of sp³-hybridized carbons (Fsp3) is 0.364. The number of halogens is 1. The first-order valence-corrected chi connectivity index (χ1v) is 4.71. The van der Waals surface area contributed by atoms with Gasteiger partial charge in [0.25, 0.3) is 0 Å². The van der Waals surface area contributed by atoms with E-state index < -0.39 is 11.4 Å². The van der Waals surface area contributed by atoms with E-state index in [1.807, 2.05) is 30.3 Å². The molecule has 3 N–H and O–H groups in total. The van der Waals surface area contributed by atoms with Crippen LogP contribution in [0.1, 0.15) is 12.0 Å². The van der Waals surface area contributed by atoms with Gasteiger partial charge in [-0.2, -0.15) is 0 Å². The predicted octanol–water partition coefficient (Wildman–Crippen LogP) is 1.41. The average molecular weight is 228 g/mol. The molecule has 0 spiro atoms. The van der Waals surface area contributed by atoms with Crippen LogP contribution in [0.2, 0.25) is 0 Å². The molecule has 0 amide bonds. The van der Waals surface area contributed by atoms with Crippen LogP contribution in [0.3, 0.4) is 0 Å². The molecule has 1 aromatic rings. The van der Waals surface area contributed by atoms with Gasteiger partial charge < -0.3 is 10.8 Å². The molecule has 82 valence electrons. The number of benzene rings is 1. The van der Waals surface area contributed by atoms with Crippen molar-refractivity contribution in [3.63, 3.8) is 0 Å². The fourth-order valence-electron chi connectivity index (χ4n) is 2.09. The second kappa shape index (κ2) is 4.21. The van der Waals surface area contributed by atoms with Crippen molar-refractivity contribution in [3.05, 3.63) is 35.9 Å². The SMILES string of the molecule is Cl.NCC1C[C@@]1(C(=O)O)c1ccccc1. The van der Waals surface area contributed by atoms with Crippen LogP contribution in [0.25, 0.3) is 0 Å². The van der Waals surface area contributed by atoms with E-state index in [2.05, 4.69) is 0 Å². The quantitative estimate of drug-likeness (QED) is 0.821. The first kappa shape index (κ1) is 12.0. The minimum absolute atomic E-state index is 0. The fourth-order valence-corrected chi connectivity index (χ4v) is 2.09.